The van der Waals surface area contributed by atoms with Gasteiger partial charge in [-0.1, -0.05) is 46.1 Å². The minimum Gasteiger partial charge on any atom is -0.482 e. The van der Waals surface area contributed by atoms with Gasteiger partial charge in [0.2, 0.25) is 0 Å². The topological polar surface area (TPSA) is 77.2 Å². The molecule has 0 saturated carbocycles. The quantitative estimate of drug-likeness (QED) is 0.653. The summed E-state index contributed by atoms with van der Waals surface area (Å²) in [6.45, 7) is -0.207. The van der Waals surface area contributed by atoms with Crippen molar-refractivity contribution < 1.29 is 9.53 Å². The number of nitrogens with two attached hydrogens (primary N) is 1. The third-order valence-electron chi connectivity index (χ3n) is 3.00. The molecule has 124 valence electrons. The highest BCUT2D eigenvalue weighted by atomic mass is 35.5. The molecule has 2 aromatic carbocycles. The summed E-state index contributed by atoms with van der Waals surface area (Å²) in [4.78, 5) is 16.2. The molecule has 0 fully saturated rings. The standard InChI is InChI=1S/C15H10Cl3N3O2S/c16-7-1-2-11(9(17)3-7)23-6-13(22)20-8-4-10(18)14-12(5-8)24-15(19)21-14/h1-5H,6H2,(H2,19,21)(H,20,22). The number of hydrogen-bond acceptors (Lipinski definition) is 5. The molecule has 0 aliphatic rings. The van der Waals surface area contributed by atoms with Gasteiger partial charge in [-0.15, -0.1) is 0 Å². The Hall–Kier alpha value is -1.73. The van der Waals surface area contributed by atoms with E-state index in [0.717, 1.165) is 4.70 Å². The number of thiazole rings is 1. The van der Waals surface area contributed by atoms with Crippen LogP contribution in [0.15, 0.2) is 30.3 Å². The first-order valence-electron chi connectivity index (χ1n) is 6.65. The molecule has 5 nitrogen and oxygen atoms in total. The van der Waals surface area contributed by atoms with Crippen molar-refractivity contribution in [3.05, 3.63) is 45.4 Å². The van der Waals surface area contributed by atoms with Crippen molar-refractivity contribution in [1.29, 1.82) is 0 Å². The summed E-state index contributed by atoms with van der Waals surface area (Å²) in [5, 5.41) is 4.36. The number of nitrogens with one attached hydrogen (secondary N) is 1. The number of halogens is 3. The largest absolute Gasteiger partial charge is 0.482 e. The number of fused-ring (bicyclic) bond motifs is 1. The lowest BCUT2D eigenvalue weighted by Crippen LogP contribution is -2.20. The Morgan fingerprint density at radius 2 is 2.00 bits per heavy atom. The molecule has 1 aromatic heterocycles. The molecular weight excluding hydrogens is 393 g/mol. The van der Waals surface area contributed by atoms with Gasteiger partial charge in [-0.3, -0.25) is 4.79 Å². The summed E-state index contributed by atoms with van der Waals surface area (Å²) in [6.07, 6.45) is 0. The van der Waals surface area contributed by atoms with Gasteiger partial charge in [-0.05, 0) is 30.3 Å². The molecule has 0 unspecified atom stereocenters. The van der Waals surface area contributed by atoms with E-state index in [0.29, 0.717) is 37.2 Å². The van der Waals surface area contributed by atoms with Crippen LogP contribution < -0.4 is 15.8 Å². The Labute approximate surface area is 156 Å². The van der Waals surface area contributed by atoms with E-state index in [9.17, 15) is 4.79 Å². The van der Waals surface area contributed by atoms with E-state index in [1.54, 1.807) is 24.3 Å². The summed E-state index contributed by atoms with van der Waals surface area (Å²) in [6, 6.07) is 8.13. The molecular formula is C15H10Cl3N3O2S. The zero-order chi connectivity index (χ0) is 17.3. The molecule has 3 aromatic rings. The minimum atomic E-state index is -0.353. The number of carbonyl (C=O) groups is 1. The average Bonchev–Trinajstić information content (AvgIpc) is 2.87. The fourth-order valence-corrected chi connectivity index (χ4v) is 3.59. The van der Waals surface area contributed by atoms with E-state index in [-0.39, 0.29) is 12.5 Å². The van der Waals surface area contributed by atoms with Crippen molar-refractivity contribution in [2.45, 2.75) is 0 Å². The smallest absolute Gasteiger partial charge is 0.262 e. The minimum absolute atomic E-state index is 0.207. The van der Waals surface area contributed by atoms with Crippen LogP contribution in [0.2, 0.25) is 15.1 Å². The second-order valence-electron chi connectivity index (χ2n) is 4.77. The average molecular weight is 403 g/mol. The normalized spacial score (nSPS) is 10.8. The fraction of sp³-hybridized carbons (Fsp3) is 0.0667. The van der Waals surface area contributed by atoms with Gasteiger partial charge < -0.3 is 15.8 Å². The van der Waals surface area contributed by atoms with Crippen LogP contribution in [0.3, 0.4) is 0 Å². The van der Waals surface area contributed by atoms with Crippen molar-refractivity contribution in [2.24, 2.45) is 0 Å². The Morgan fingerprint density at radius 3 is 2.75 bits per heavy atom. The lowest BCUT2D eigenvalue weighted by Gasteiger charge is -2.09. The van der Waals surface area contributed by atoms with Crippen molar-refractivity contribution in [2.75, 3.05) is 17.7 Å². The van der Waals surface area contributed by atoms with Crippen LogP contribution in [0.5, 0.6) is 5.75 Å². The van der Waals surface area contributed by atoms with Crippen LogP contribution in [-0.4, -0.2) is 17.5 Å². The second-order valence-corrected chi connectivity index (χ2v) is 7.08. The second kappa shape index (κ2) is 7.03. The molecule has 3 N–H and O–H groups in total. The highest BCUT2D eigenvalue weighted by molar-refractivity contribution is 7.22. The Balaban J connectivity index is 1.68. The number of amides is 1. The van der Waals surface area contributed by atoms with E-state index >= 15 is 0 Å². The van der Waals surface area contributed by atoms with Gasteiger partial charge in [0.15, 0.2) is 11.7 Å². The maximum absolute atomic E-state index is 12.0. The summed E-state index contributed by atoms with van der Waals surface area (Å²) >= 11 is 19.2. The van der Waals surface area contributed by atoms with Crippen molar-refractivity contribution in [1.82, 2.24) is 4.98 Å². The lowest BCUT2D eigenvalue weighted by atomic mass is 10.3. The van der Waals surface area contributed by atoms with Crippen LogP contribution in [0.25, 0.3) is 10.2 Å². The first-order valence-corrected chi connectivity index (χ1v) is 8.60. The predicted molar refractivity (Wildman–Crippen MR) is 99.6 cm³/mol. The van der Waals surface area contributed by atoms with E-state index in [2.05, 4.69) is 10.3 Å². The molecule has 3 rings (SSSR count). The first-order chi connectivity index (χ1) is 11.4. The highest BCUT2D eigenvalue weighted by Gasteiger charge is 2.11. The van der Waals surface area contributed by atoms with E-state index < -0.39 is 0 Å². The van der Waals surface area contributed by atoms with Crippen LogP contribution in [0, 0.1) is 0 Å². The van der Waals surface area contributed by atoms with Gasteiger partial charge >= 0.3 is 0 Å². The van der Waals surface area contributed by atoms with Gasteiger partial charge in [-0.2, -0.15) is 0 Å². The predicted octanol–water partition coefficient (Wildman–Crippen LogP) is 4.86. The van der Waals surface area contributed by atoms with Gasteiger partial charge in [-0.25, -0.2) is 4.98 Å². The summed E-state index contributed by atoms with van der Waals surface area (Å²) < 4.78 is 6.17. The molecule has 0 atom stereocenters. The maximum atomic E-state index is 12.0. The number of benzene rings is 2. The summed E-state index contributed by atoms with van der Waals surface area (Å²) in [7, 11) is 0. The van der Waals surface area contributed by atoms with Crippen LogP contribution in [0.1, 0.15) is 0 Å². The number of carbonyl (C=O) groups excluding carboxylic acids is 1. The Morgan fingerprint density at radius 1 is 1.21 bits per heavy atom. The molecule has 0 radical (unpaired) electrons. The van der Waals surface area contributed by atoms with Crippen LogP contribution in [0.4, 0.5) is 10.8 Å². The SMILES string of the molecule is Nc1nc2c(Cl)cc(NC(=O)COc3ccc(Cl)cc3Cl)cc2s1. The summed E-state index contributed by atoms with van der Waals surface area (Å²) in [5.74, 6) is 0.0221. The van der Waals surface area contributed by atoms with Gasteiger partial charge in [0.1, 0.15) is 11.3 Å². The number of rotatable bonds is 4. The Bertz CT molecular complexity index is 930. The molecule has 0 saturated heterocycles. The zero-order valence-corrected chi connectivity index (χ0v) is 15.1. The van der Waals surface area contributed by atoms with E-state index in [1.807, 2.05) is 0 Å². The van der Waals surface area contributed by atoms with E-state index in [4.69, 9.17) is 45.3 Å². The molecule has 24 heavy (non-hydrogen) atoms. The molecule has 1 heterocycles. The molecule has 0 aliphatic carbocycles. The zero-order valence-electron chi connectivity index (χ0n) is 12.0. The summed E-state index contributed by atoms with van der Waals surface area (Å²) in [5.41, 5.74) is 6.81. The van der Waals surface area contributed by atoms with Gasteiger partial charge in [0.05, 0.1) is 14.7 Å². The van der Waals surface area contributed by atoms with Crippen molar-refractivity contribution >= 4 is 73.1 Å². The maximum Gasteiger partial charge on any atom is 0.262 e. The number of ether oxygens (including phenoxy) is 1. The van der Waals surface area contributed by atoms with Crippen LogP contribution in [-0.2, 0) is 4.79 Å². The third-order valence-corrected chi connectivity index (χ3v) is 4.65. The molecule has 0 bridgehead atoms. The number of hydrogen-bond donors (Lipinski definition) is 2. The molecule has 0 aliphatic heterocycles. The Kier molecular flexibility index (Phi) is 5.01. The lowest BCUT2D eigenvalue weighted by molar-refractivity contribution is -0.118. The number of aromatic nitrogens is 1. The molecule has 1 amide bonds. The highest BCUT2D eigenvalue weighted by Crippen LogP contribution is 2.32. The molecule has 0 spiro atoms. The monoisotopic (exact) mass is 401 g/mol. The number of nitrogens with zero attached hydrogens (tertiary/aromatic N) is 1. The number of anilines is 2. The van der Waals surface area contributed by atoms with Crippen molar-refractivity contribution in [3.63, 3.8) is 0 Å². The van der Waals surface area contributed by atoms with Crippen LogP contribution >= 0.6 is 46.1 Å². The van der Waals surface area contributed by atoms with Gasteiger partial charge in [0, 0.05) is 10.7 Å². The molecule has 9 heteroatoms. The fourth-order valence-electron chi connectivity index (χ4n) is 2.01. The van der Waals surface area contributed by atoms with E-state index in [1.165, 1.54) is 17.4 Å². The van der Waals surface area contributed by atoms with Gasteiger partial charge in [0.25, 0.3) is 5.91 Å². The first kappa shape index (κ1) is 17.1. The third kappa shape index (κ3) is 3.84. The van der Waals surface area contributed by atoms with Crippen molar-refractivity contribution in [3.8, 4) is 5.75 Å². The number of nitrogen functional groups attached to an aromatic ring is 1.